The zero-order chi connectivity index (χ0) is 17.8. The summed E-state index contributed by atoms with van der Waals surface area (Å²) in [7, 11) is 4.81. The monoisotopic (exact) mass is 335 g/mol. The summed E-state index contributed by atoms with van der Waals surface area (Å²) >= 11 is 0. The third-order valence-electron chi connectivity index (χ3n) is 4.06. The van der Waals surface area contributed by atoms with Crippen molar-refractivity contribution in [2.45, 2.75) is 6.92 Å². The molecule has 0 atom stereocenters. The first-order valence-electron chi connectivity index (χ1n) is 8.00. The summed E-state index contributed by atoms with van der Waals surface area (Å²) in [5, 5.41) is 0. The van der Waals surface area contributed by atoms with Gasteiger partial charge in [0.05, 0.1) is 32.7 Å². The predicted molar refractivity (Wildman–Crippen MR) is 99.5 cm³/mol. The molecule has 0 aliphatic heterocycles. The number of nitrogens with zero attached hydrogens (tertiary/aromatic N) is 1. The molecule has 0 aliphatic carbocycles. The van der Waals surface area contributed by atoms with E-state index in [9.17, 15) is 0 Å². The second kappa shape index (κ2) is 7.26. The molecule has 0 spiro atoms. The number of hydrogen-bond donors (Lipinski definition) is 0. The first-order chi connectivity index (χ1) is 12.2. The number of methoxy groups -OCH3 is 3. The van der Waals surface area contributed by atoms with E-state index < -0.39 is 0 Å². The van der Waals surface area contributed by atoms with E-state index in [1.54, 1.807) is 21.3 Å². The lowest BCUT2D eigenvalue weighted by atomic mass is 10.1. The minimum absolute atomic E-state index is 0.573. The first kappa shape index (κ1) is 16.8. The Balaban J connectivity index is 2.08. The average molecular weight is 335 g/mol. The quantitative estimate of drug-likeness (QED) is 0.675. The summed E-state index contributed by atoms with van der Waals surface area (Å²) in [5.74, 6) is 1.79. The summed E-state index contributed by atoms with van der Waals surface area (Å²) in [5.41, 5.74) is 4.98. The Kier molecular flexibility index (Phi) is 4.89. The molecule has 2 aromatic carbocycles. The Morgan fingerprint density at radius 1 is 0.680 bits per heavy atom. The van der Waals surface area contributed by atoms with Crippen LogP contribution in [0.2, 0.25) is 0 Å². The van der Waals surface area contributed by atoms with Crippen molar-refractivity contribution in [1.82, 2.24) is 4.98 Å². The molecule has 0 radical (unpaired) electrons. The van der Waals surface area contributed by atoms with Gasteiger partial charge in [0, 0.05) is 11.1 Å². The Labute approximate surface area is 148 Å². The van der Waals surface area contributed by atoms with Crippen LogP contribution in [0.4, 0.5) is 0 Å². The highest BCUT2D eigenvalue weighted by Crippen LogP contribution is 2.41. The van der Waals surface area contributed by atoms with E-state index in [0.717, 1.165) is 22.5 Å². The van der Waals surface area contributed by atoms with Crippen molar-refractivity contribution < 1.29 is 14.2 Å². The molecule has 0 N–H and O–H groups in total. The Bertz CT molecular complexity index is 848. The van der Waals surface area contributed by atoms with Gasteiger partial charge in [-0.05, 0) is 31.2 Å². The van der Waals surface area contributed by atoms with Gasteiger partial charge >= 0.3 is 0 Å². The number of hydrogen-bond acceptors (Lipinski definition) is 4. The van der Waals surface area contributed by atoms with Crippen LogP contribution in [0.25, 0.3) is 22.5 Å². The molecule has 1 aromatic heterocycles. The van der Waals surface area contributed by atoms with Crippen molar-refractivity contribution in [1.29, 1.82) is 0 Å². The van der Waals surface area contributed by atoms with Crippen molar-refractivity contribution in [3.05, 3.63) is 60.2 Å². The van der Waals surface area contributed by atoms with Crippen molar-refractivity contribution in [3.8, 4) is 39.8 Å². The maximum Gasteiger partial charge on any atom is 0.203 e. The molecule has 25 heavy (non-hydrogen) atoms. The van der Waals surface area contributed by atoms with Gasteiger partial charge in [-0.25, -0.2) is 4.98 Å². The summed E-state index contributed by atoms with van der Waals surface area (Å²) in [6, 6.07) is 18.1. The van der Waals surface area contributed by atoms with Gasteiger partial charge in [-0.1, -0.05) is 35.9 Å². The van der Waals surface area contributed by atoms with Gasteiger partial charge in [-0.2, -0.15) is 0 Å². The van der Waals surface area contributed by atoms with E-state index in [-0.39, 0.29) is 0 Å². The molecular weight excluding hydrogens is 314 g/mol. The number of pyridine rings is 1. The SMILES string of the molecule is COc1cc(-c2cccc(-c3ccc(C)cc3)n2)cc(OC)c1OC. The van der Waals surface area contributed by atoms with Crippen LogP contribution < -0.4 is 14.2 Å². The standard InChI is InChI=1S/C21H21NO3/c1-14-8-10-15(11-9-14)17-6-5-7-18(22-17)16-12-19(23-2)21(25-4)20(13-16)24-3/h5-13H,1-4H3. The Morgan fingerprint density at radius 2 is 1.24 bits per heavy atom. The number of aryl methyl sites for hydroxylation is 1. The summed E-state index contributed by atoms with van der Waals surface area (Å²) < 4.78 is 16.3. The van der Waals surface area contributed by atoms with Crippen molar-refractivity contribution in [2.24, 2.45) is 0 Å². The topological polar surface area (TPSA) is 40.6 Å². The number of rotatable bonds is 5. The van der Waals surface area contributed by atoms with Crippen molar-refractivity contribution in [2.75, 3.05) is 21.3 Å². The molecule has 0 amide bonds. The van der Waals surface area contributed by atoms with Crippen molar-refractivity contribution >= 4 is 0 Å². The lowest BCUT2D eigenvalue weighted by molar-refractivity contribution is 0.324. The summed E-state index contributed by atoms with van der Waals surface area (Å²) in [6.07, 6.45) is 0. The Hall–Kier alpha value is -3.01. The maximum atomic E-state index is 5.44. The predicted octanol–water partition coefficient (Wildman–Crippen LogP) is 4.75. The summed E-state index contributed by atoms with van der Waals surface area (Å²) in [4.78, 5) is 4.80. The molecule has 0 fully saturated rings. The van der Waals surface area contributed by atoms with Crippen LogP contribution in [-0.2, 0) is 0 Å². The van der Waals surface area contributed by atoms with Gasteiger partial charge in [0.25, 0.3) is 0 Å². The molecule has 0 saturated carbocycles. The number of ether oxygens (including phenoxy) is 3. The van der Waals surface area contributed by atoms with Gasteiger partial charge in [-0.15, -0.1) is 0 Å². The highest BCUT2D eigenvalue weighted by molar-refractivity contribution is 5.71. The van der Waals surface area contributed by atoms with Crippen LogP contribution in [0.3, 0.4) is 0 Å². The van der Waals surface area contributed by atoms with E-state index >= 15 is 0 Å². The van der Waals surface area contributed by atoms with E-state index in [0.29, 0.717) is 17.2 Å². The molecular formula is C21H21NO3. The van der Waals surface area contributed by atoms with Gasteiger partial charge in [0.2, 0.25) is 5.75 Å². The van der Waals surface area contributed by atoms with Gasteiger partial charge in [0.15, 0.2) is 11.5 Å². The van der Waals surface area contributed by atoms with Crippen LogP contribution in [0.15, 0.2) is 54.6 Å². The Morgan fingerprint density at radius 3 is 1.76 bits per heavy atom. The second-order valence-electron chi connectivity index (χ2n) is 5.69. The van der Waals surface area contributed by atoms with Crippen LogP contribution >= 0.6 is 0 Å². The number of aromatic nitrogens is 1. The molecule has 128 valence electrons. The molecule has 0 unspecified atom stereocenters. The molecule has 1 heterocycles. The normalized spacial score (nSPS) is 10.4. The maximum absolute atomic E-state index is 5.44. The lowest BCUT2D eigenvalue weighted by Gasteiger charge is -2.14. The van der Waals surface area contributed by atoms with E-state index in [1.807, 2.05) is 30.3 Å². The van der Waals surface area contributed by atoms with E-state index in [1.165, 1.54) is 5.56 Å². The minimum atomic E-state index is 0.573. The van der Waals surface area contributed by atoms with E-state index in [4.69, 9.17) is 19.2 Å². The second-order valence-corrected chi connectivity index (χ2v) is 5.69. The summed E-state index contributed by atoms with van der Waals surface area (Å²) in [6.45, 7) is 2.07. The average Bonchev–Trinajstić information content (AvgIpc) is 2.67. The van der Waals surface area contributed by atoms with Crippen LogP contribution in [-0.4, -0.2) is 26.3 Å². The zero-order valence-electron chi connectivity index (χ0n) is 14.9. The number of benzene rings is 2. The zero-order valence-corrected chi connectivity index (χ0v) is 14.9. The highest BCUT2D eigenvalue weighted by atomic mass is 16.5. The fourth-order valence-electron chi connectivity index (χ4n) is 2.71. The van der Waals surface area contributed by atoms with Crippen LogP contribution in [0.5, 0.6) is 17.2 Å². The lowest BCUT2D eigenvalue weighted by Crippen LogP contribution is -1.96. The first-order valence-corrected chi connectivity index (χ1v) is 8.00. The molecule has 0 aliphatic rings. The molecule has 3 rings (SSSR count). The molecule has 4 nitrogen and oxygen atoms in total. The third-order valence-corrected chi connectivity index (χ3v) is 4.06. The fraction of sp³-hybridized carbons (Fsp3) is 0.190. The van der Waals surface area contributed by atoms with Crippen LogP contribution in [0.1, 0.15) is 5.56 Å². The highest BCUT2D eigenvalue weighted by Gasteiger charge is 2.15. The molecule has 3 aromatic rings. The largest absolute Gasteiger partial charge is 0.493 e. The molecule has 0 bridgehead atoms. The molecule has 4 heteroatoms. The van der Waals surface area contributed by atoms with Crippen LogP contribution in [0, 0.1) is 6.92 Å². The van der Waals surface area contributed by atoms with Gasteiger partial charge in [-0.3, -0.25) is 0 Å². The fourth-order valence-corrected chi connectivity index (χ4v) is 2.71. The third kappa shape index (κ3) is 3.43. The van der Waals surface area contributed by atoms with E-state index in [2.05, 4.69) is 31.2 Å². The smallest absolute Gasteiger partial charge is 0.203 e. The van der Waals surface area contributed by atoms with Gasteiger partial charge < -0.3 is 14.2 Å². The van der Waals surface area contributed by atoms with Gasteiger partial charge in [0.1, 0.15) is 0 Å². The minimum Gasteiger partial charge on any atom is -0.493 e. The molecule has 0 saturated heterocycles. The van der Waals surface area contributed by atoms with Crippen molar-refractivity contribution in [3.63, 3.8) is 0 Å².